The summed E-state index contributed by atoms with van der Waals surface area (Å²) in [6, 6.07) is 0.493. The van der Waals surface area contributed by atoms with Gasteiger partial charge >= 0.3 is 0 Å². The van der Waals surface area contributed by atoms with E-state index in [0.29, 0.717) is 12.6 Å². The van der Waals surface area contributed by atoms with Crippen molar-refractivity contribution in [1.29, 1.82) is 0 Å². The van der Waals surface area contributed by atoms with Crippen LogP contribution in [-0.2, 0) is 4.79 Å². The third-order valence-corrected chi connectivity index (χ3v) is 2.92. The molecule has 0 aromatic rings. The van der Waals surface area contributed by atoms with E-state index in [1.54, 1.807) is 0 Å². The Morgan fingerprint density at radius 1 is 1.50 bits per heavy atom. The zero-order chi connectivity index (χ0) is 10.6. The van der Waals surface area contributed by atoms with E-state index in [2.05, 4.69) is 17.6 Å². The highest BCUT2D eigenvalue weighted by molar-refractivity contribution is 5.81. The molecule has 0 heterocycles. The highest BCUT2D eigenvalue weighted by atomic mass is 16.2. The fourth-order valence-electron chi connectivity index (χ4n) is 2.12. The van der Waals surface area contributed by atoms with Gasteiger partial charge < -0.3 is 10.6 Å². The molecule has 82 valence electrons. The van der Waals surface area contributed by atoms with E-state index < -0.39 is 0 Å². The van der Waals surface area contributed by atoms with Gasteiger partial charge in [-0.25, -0.2) is 0 Å². The van der Waals surface area contributed by atoms with E-state index in [1.165, 1.54) is 19.3 Å². The van der Waals surface area contributed by atoms with Crippen LogP contribution in [0.25, 0.3) is 0 Å². The minimum Gasteiger partial charge on any atom is -0.355 e. The van der Waals surface area contributed by atoms with Crippen LogP contribution in [0.2, 0.25) is 0 Å². The van der Waals surface area contributed by atoms with Crippen molar-refractivity contribution in [2.24, 2.45) is 5.92 Å². The molecule has 1 aliphatic rings. The standard InChI is InChI=1S/C11H22N2O/c1-4-12-11(14)9(3)13-10-6-5-8(2)7-10/h8-10,13H,4-7H2,1-3H3,(H,12,14). The van der Waals surface area contributed by atoms with Crippen LogP contribution in [0, 0.1) is 5.92 Å². The van der Waals surface area contributed by atoms with Gasteiger partial charge in [0.25, 0.3) is 0 Å². The lowest BCUT2D eigenvalue weighted by Gasteiger charge is -2.18. The van der Waals surface area contributed by atoms with E-state index in [-0.39, 0.29) is 11.9 Å². The summed E-state index contributed by atoms with van der Waals surface area (Å²) in [7, 11) is 0. The van der Waals surface area contributed by atoms with Gasteiger partial charge in [0.15, 0.2) is 0 Å². The molecular weight excluding hydrogens is 176 g/mol. The molecule has 3 unspecified atom stereocenters. The Hall–Kier alpha value is -0.570. The average molecular weight is 198 g/mol. The second kappa shape index (κ2) is 5.35. The van der Waals surface area contributed by atoms with Crippen LogP contribution in [0.5, 0.6) is 0 Å². The largest absolute Gasteiger partial charge is 0.355 e. The highest BCUT2D eigenvalue weighted by Gasteiger charge is 2.24. The van der Waals surface area contributed by atoms with Gasteiger partial charge in [-0.1, -0.05) is 6.92 Å². The minimum absolute atomic E-state index is 0.0507. The molecule has 1 fully saturated rings. The highest BCUT2D eigenvalue weighted by Crippen LogP contribution is 2.24. The number of likely N-dealkylation sites (N-methyl/N-ethyl adjacent to an activating group) is 1. The summed E-state index contributed by atoms with van der Waals surface area (Å²) in [5.41, 5.74) is 0. The molecule has 14 heavy (non-hydrogen) atoms. The van der Waals surface area contributed by atoms with Crippen molar-refractivity contribution in [1.82, 2.24) is 10.6 Å². The van der Waals surface area contributed by atoms with Crippen molar-refractivity contribution in [3.05, 3.63) is 0 Å². The molecule has 1 aliphatic carbocycles. The van der Waals surface area contributed by atoms with Gasteiger partial charge in [0.1, 0.15) is 0 Å². The quantitative estimate of drug-likeness (QED) is 0.714. The normalized spacial score (nSPS) is 28.8. The van der Waals surface area contributed by atoms with Crippen LogP contribution >= 0.6 is 0 Å². The third kappa shape index (κ3) is 3.29. The SMILES string of the molecule is CCNC(=O)C(C)NC1CCC(C)C1. The summed E-state index contributed by atoms with van der Waals surface area (Å²) in [6.45, 7) is 6.88. The topological polar surface area (TPSA) is 41.1 Å². The van der Waals surface area contributed by atoms with Crippen molar-refractivity contribution in [2.45, 2.75) is 52.1 Å². The van der Waals surface area contributed by atoms with Crippen LogP contribution in [-0.4, -0.2) is 24.5 Å². The molecule has 1 rings (SSSR count). The molecule has 3 atom stereocenters. The van der Waals surface area contributed by atoms with Gasteiger partial charge in [-0.2, -0.15) is 0 Å². The molecule has 2 N–H and O–H groups in total. The van der Waals surface area contributed by atoms with Crippen molar-refractivity contribution in [3.63, 3.8) is 0 Å². The lowest BCUT2D eigenvalue weighted by molar-refractivity contribution is -0.122. The molecule has 0 saturated heterocycles. The van der Waals surface area contributed by atoms with Crippen molar-refractivity contribution in [3.8, 4) is 0 Å². The Morgan fingerprint density at radius 3 is 2.71 bits per heavy atom. The molecule has 0 bridgehead atoms. The lowest BCUT2D eigenvalue weighted by atomic mass is 10.1. The Balaban J connectivity index is 2.26. The van der Waals surface area contributed by atoms with Crippen LogP contribution in [0.4, 0.5) is 0 Å². The molecule has 3 nitrogen and oxygen atoms in total. The van der Waals surface area contributed by atoms with Crippen molar-refractivity contribution in [2.75, 3.05) is 6.54 Å². The zero-order valence-corrected chi connectivity index (χ0v) is 9.47. The first-order valence-electron chi connectivity index (χ1n) is 5.67. The maximum Gasteiger partial charge on any atom is 0.236 e. The van der Waals surface area contributed by atoms with E-state index in [0.717, 1.165) is 5.92 Å². The Bertz CT molecular complexity index is 194. The second-order valence-corrected chi connectivity index (χ2v) is 4.40. The Morgan fingerprint density at radius 2 is 2.21 bits per heavy atom. The number of amides is 1. The molecule has 0 aliphatic heterocycles. The smallest absolute Gasteiger partial charge is 0.236 e. The average Bonchev–Trinajstić information content (AvgIpc) is 2.51. The Labute approximate surface area is 86.6 Å². The number of nitrogens with one attached hydrogen (secondary N) is 2. The summed E-state index contributed by atoms with van der Waals surface area (Å²) in [4.78, 5) is 11.4. The van der Waals surface area contributed by atoms with Crippen LogP contribution in [0.15, 0.2) is 0 Å². The first-order valence-corrected chi connectivity index (χ1v) is 5.67. The summed E-state index contributed by atoms with van der Waals surface area (Å²) in [5.74, 6) is 0.931. The molecule has 0 radical (unpaired) electrons. The molecule has 0 aromatic carbocycles. The van der Waals surface area contributed by atoms with Gasteiger partial charge in [0, 0.05) is 12.6 Å². The van der Waals surface area contributed by atoms with E-state index in [1.807, 2.05) is 13.8 Å². The van der Waals surface area contributed by atoms with Gasteiger partial charge in [-0.05, 0) is 39.0 Å². The van der Waals surface area contributed by atoms with Gasteiger partial charge in [0.2, 0.25) is 5.91 Å². The third-order valence-electron chi connectivity index (χ3n) is 2.92. The van der Waals surface area contributed by atoms with Gasteiger partial charge in [-0.15, -0.1) is 0 Å². The lowest BCUT2D eigenvalue weighted by Crippen LogP contribution is -2.45. The van der Waals surface area contributed by atoms with E-state index in [9.17, 15) is 4.79 Å². The first-order chi connectivity index (χ1) is 6.63. The molecule has 3 heteroatoms. The summed E-state index contributed by atoms with van der Waals surface area (Å²) >= 11 is 0. The summed E-state index contributed by atoms with van der Waals surface area (Å²) < 4.78 is 0. The number of hydrogen-bond acceptors (Lipinski definition) is 2. The zero-order valence-electron chi connectivity index (χ0n) is 9.47. The maximum atomic E-state index is 11.4. The molecule has 0 spiro atoms. The van der Waals surface area contributed by atoms with E-state index >= 15 is 0 Å². The number of hydrogen-bond donors (Lipinski definition) is 2. The van der Waals surface area contributed by atoms with E-state index in [4.69, 9.17) is 0 Å². The van der Waals surface area contributed by atoms with Crippen molar-refractivity contribution < 1.29 is 4.79 Å². The van der Waals surface area contributed by atoms with Crippen molar-refractivity contribution >= 4 is 5.91 Å². The second-order valence-electron chi connectivity index (χ2n) is 4.40. The fraction of sp³-hybridized carbons (Fsp3) is 0.909. The molecule has 1 saturated carbocycles. The Kier molecular flexibility index (Phi) is 4.39. The summed E-state index contributed by atoms with van der Waals surface area (Å²) in [6.07, 6.45) is 3.72. The molecular formula is C11H22N2O. The monoisotopic (exact) mass is 198 g/mol. The van der Waals surface area contributed by atoms with Gasteiger partial charge in [0.05, 0.1) is 6.04 Å². The van der Waals surface area contributed by atoms with Gasteiger partial charge in [-0.3, -0.25) is 4.79 Å². The minimum atomic E-state index is -0.0507. The summed E-state index contributed by atoms with van der Waals surface area (Å²) in [5, 5.41) is 6.21. The predicted octanol–water partition coefficient (Wildman–Crippen LogP) is 1.29. The maximum absolute atomic E-state index is 11.4. The first kappa shape index (κ1) is 11.5. The fourth-order valence-corrected chi connectivity index (χ4v) is 2.12. The molecule has 1 amide bonds. The predicted molar refractivity (Wildman–Crippen MR) is 58.1 cm³/mol. The number of carbonyl (C=O) groups excluding carboxylic acids is 1. The number of carbonyl (C=O) groups is 1. The number of rotatable bonds is 4. The van der Waals surface area contributed by atoms with Crippen LogP contribution in [0.1, 0.15) is 40.0 Å². The molecule has 0 aromatic heterocycles. The van der Waals surface area contributed by atoms with Crippen LogP contribution < -0.4 is 10.6 Å². The van der Waals surface area contributed by atoms with Crippen LogP contribution in [0.3, 0.4) is 0 Å².